The van der Waals surface area contributed by atoms with Gasteiger partial charge in [-0.1, -0.05) is 17.7 Å². The Morgan fingerprint density at radius 3 is 2.14 bits per heavy atom. The third kappa shape index (κ3) is 6.46. The van der Waals surface area contributed by atoms with E-state index in [0.717, 1.165) is 43.2 Å². The second-order valence-corrected chi connectivity index (χ2v) is 9.37. The summed E-state index contributed by atoms with van der Waals surface area (Å²) in [5, 5.41) is 0. The molecule has 1 fully saturated rings. The molecule has 0 amide bonds. The molecule has 36 heavy (non-hydrogen) atoms. The first kappa shape index (κ1) is 26.8. The summed E-state index contributed by atoms with van der Waals surface area (Å²) >= 11 is 0. The highest BCUT2D eigenvalue weighted by molar-refractivity contribution is 7.87. The molecule has 0 radical (unpaired) electrons. The highest BCUT2D eigenvalue weighted by atomic mass is 32.2. The van der Waals surface area contributed by atoms with E-state index in [-0.39, 0.29) is 11.5 Å². The lowest BCUT2D eigenvalue weighted by Crippen LogP contribution is -2.41. The third-order valence-electron chi connectivity index (χ3n) is 4.92. The molecule has 1 aromatic heterocycles. The van der Waals surface area contributed by atoms with Crippen LogP contribution in [0, 0.1) is 6.92 Å². The molecule has 0 saturated carbocycles. The van der Waals surface area contributed by atoms with Crippen molar-refractivity contribution in [2.45, 2.75) is 57.1 Å². The van der Waals surface area contributed by atoms with Crippen LogP contribution < -0.4 is 9.87 Å². The largest absolute Gasteiger partial charge is 0.463 e. The molecule has 2 heterocycles. The highest BCUT2D eigenvalue weighted by Gasteiger charge is 2.51. The Hall–Kier alpha value is -3.78. The number of ether oxygens (including phenoxy) is 4. The number of nitrogens with zero attached hydrogens (tertiary/aromatic N) is 2. The molecule has 13 nitrogen and oxygen atoms in total. The van der Waals surface area contributed by atoms with E-state index in [0.29, 0.717) is 0 Å². The van der Waals surface area contributed by atoms with Crippen molar-refractivity contribution in [3.05, 3.63) is 52.6 Å². The van der Waals surface area contributed by atoms with E-state index in [1.807, 2.05) is 0 Å². The van der Waals surface area contributed by atoms with Crippen LogP contribution in [0.4, 0.5) is 0 Å². The van der Waals surface area contributed by atoms with Crippen molar-refractivity contribution >= 4 is 28.0 Å². The topological polar surface area (TPSA) is 166 Å². The molecule has 1 saturated heterocycles. The first-order chi connectivity index (χ1) is 16.9. The molecule has 4 atom stereocenters. The predicted molar refractivity (Wildman–Crippen MR) is 119 cm³/mol. The second kappa shape index (κ2) is 10.9. The summed E-state index contributed by atoms with van der Waals surface area (Å²) in [4.78, 5) is 51.0. The SMILES string of the molecule is CC(=O)OC[C@H]1O[C@@H](n2ccc(OS(=O)(=O)c3ccc(C)cc3)nc2=O)[C@H](OC(C)=O)[C@@H]1OC(C)=O. The Morgan fingerprint density at radius 1 is 0.972 bits per heavy atom. The van der Waals surface area contributed by atoms with Crippen LogP contribution in [0.1, 0.15) is 32.6 Å². The summed E-state index contributed by atoms with van der Waals surface area (Å²) in [6.45, 7) is 4.81. The number of hydrogen-bond acceptors (Lipinski definition) is 12. The van der Waals surface area contributed by atoms with Crippen LogP contribution in [0.3, 0.4) is 0 Å². The van der Waals surface area contributed by atoms with Gasteiger partial charge < -0.3 is 23.1 Å². The zero-order valence-electron chi connectivity index (χ0n) is 19.8. The van der Waals surface area contributed by atoms with E-state index in [9.17, 15) is 27.6 Å². The van der Waals surface area contributed by atoms with Crippen LogP contribution in [-0.2, 0) is 43.4 Å². The normalized spacial score (nSPS) is 21.4. The molecule has 0 N–H and O–H groups in total. The van der Waals surface area contributed by atoms with Crippen molar-refractivity contribution in [1.29, 1.82) is 0 Å². The lowest BCUT2D eigenvalue weighted by molar-refractivity contribution is -0.166. The lowest BCUT2D eigenvalue weighted by Gasteiger charge is -2.23. The van der Waals surface area contributed by atoms with Gasteiger partial charge in [-0.15, -0.1) is 0 Å². The lowest BCUT2D eigenvalue weighted by atomic mass is 10.1. The number of esters is 3. The Balaban J connectivity index is 1.91. The number of benzene rings is 1. The Bertz CT molecular complexity index is 1300. The van der Waals surface area contributed by atoms with Crippen molar-refractivity contribution in [3.63, 3.8) is 0 Å². The van der Waals surface area contributed by atoms with E-state index in [2.05, 4.69) is 4.98 Å². The molecule has 0 spiro atoms. The van der Waals surface area contributed by atoms with Gasteiger partial charge in [0.15, 0.2) is 18.4 Å². The summed E-state index contributed by atoms with van der Waals surface area (Å²) < 4.78 is 52.1. The van der Waals surface area contributed by atoms with Gasteiger partial charge in [0.25, 0.3) is 0 Å². The molecular weight excluding hydrogens is 500 g/mol. The maximum atomic E-state index is 12.8. The first-order valence-electron chi connectivity index (χ1n) is 10.6. The van der Waals surface area contributed by atoms with Gasteiger partial charge in [0.2, 0.25) is 5.88 Å². The molecule has 1 aliphatic rings. The highest BCUT2D eigenvalue weighted by Crippen LogP contribution is 2.34. The van der Waals surface area contributed by atoms with Crippen molar-refractivity contribution in [3.8, 4) is 5.88 Å². The van der Waals surface area contributed by atoms with Gasteiger partial charge in [0.05, 0.1) is 0 Å². The van der Waals surface area contributed by atoms with Crippen LogP contribution in [0.5, 0.6) is 5.88 Å². The zero-order valence-corrected chi connectivity index (χ0v) is 20.6. The van der Waals surface area contributed by atoms with Crippen molar-refractivity contribution in [1.82, 2.24) is 9.55 Å². The third-order valence-corrected chi connectivity index (χ3v) is 6.16. The number of rotatable bonds is 8. The number of carbonyl (C=O) groups is 3. The van der Waals surface area contributed by atoms with Crippen LogP contribution in [0.25, 0.3) is 0 Å². The Kier molecular flexibility index (Phi) is 8.10. The second-order valence-electron chi connectivity index (χ2n) is 7.82. The van der Waals surface area contributed by atoms with Crippen LogP contribution >= 0.6 is 0 Å². The minimum absolute atomic E-state index is 0.134. The molecule has 0 aliphatic carbocycles. The Morgan fingerprint density at radius 2 is 1.58 bits per heavy atom. The molecule has 2 aromatic rings. The van der Waals surface area contributed by atoms with E-state index in [4.69, 9.17) is 23.1 Å². The number of hydrogen-bond donors (Lipinski definition) is 0. The monoisotopic (exact) mass is 524 g/mol. The minimum atomic E-state index is -4.27. The smallest absolute Gasteiger partial charge is 0.353 e. The van der Waals surface area contributed by atoms with Gasteiger partial charge in [-0.25, -0.2) is 4.79 Å². The fourth-order valence-corrected chi connectivity index (χ4v) is 4.30. The molecule has 1 aliphatic heterocycles. The van der Waals surface area contributed by atoms with Gasteiger partial charge in [-0.2, -0.15) is 13.4 Å². The summed E-state index contributed by atoms with van der Waals surface area (Å²) in [5.74, 6) is -2.64. The molecule has 0 bridgehead atoms. The van der Waals surface area contributed by atoms with Gasteiger partial charge >= 0.3 is 33.7 Å². The van der Waals surface area contributed by atoms with Gasteiger partial charge in [0.1, 0.15) is 17.6 Å². The first-order valence-corrected chi connectivity index (χ1v) is 12.0. The quantitative estimate of drug-likeness (QED) is 0.269. The molecule has 14 heteroatoms. The fraction of sp³-hybridized carbons (Fsp3) is 0.409. The van der Waals surface area contributed by atoms with E-state index < -0.39 is 64.1 Å². The van der Waals surface area contributed by atoms with Gasteiger partial charge in [-0.05, 0) is 19.1 Å². The predicted octanol–water partition coefficient (Wildman–Crippen LogP) is 0.643. The maximum absolute atomic E-state index is 12.8. The molecule has 0 unspecified atom stereocenters. The molecule has 194 valence electrons. The number of carbonyl (C=O) groups excluding carboxylic acids is 3. The average molecular weight is 525 g/mol. The summed E-state index contributed by atoms with van der Waals surface area (Å²) in [6, 6.07) is 6.96. The molecular formula is C22H24N2O11S. The summed E-state index contributed by atoms with van der Waals surface area (Å²) in [6.07, 6.45) is -3.84. The number of aromatic nitrogens is 2. The van der Waals surface area contributed by atoms with Crippen LogP contribution in [0.2, 0.25) is 0 Å². The van der Waals surface area contributed by atoms with Crippen molar-refractivity contribution in [2.75, 3.05) is 6.61 Å². The average Bonchev–Trinajstić information content (AvgIpc) is 3.08. The zero-order chi connectivity index (χ0) is 26.6. The summed E-state index contributed by atoms with van der Waals surface area (Å²) in [7, 11) is -4.27. The van der Waals surface area contributed by atoms with Gasteiger partial charge in [0, 0.05) is 33.0 Å². The van der Waals surface area contributed by atoms with E-state index in [1.165, 1.54) is 12.1 Å². The van der Waals surface area contributed by atoms with E-state index >= 15 is 0 Å². The standard InChI is InChI=1S/C22H24N2O11S/c1-12-5-7-16(8-6-12)36(29,30)35-18-9-10-24(22(28)23-18)21-20(33-15(4)27)19(32-14(3)26)17(34-21)11-31-13(2)25/h5-10,17,19-21H,11H2,1-4H3/t17-,19-,20-,21-/m1/s1. The molecule has 3 rings (SSSR count). The Labute approximate surface area is 206 Å². The van der Waals surface area contributed by atoms with Gasteiger partial charge in [-0.3, -0.25) is 19.0 Å². The minimum Gasteiger partial charge on any atom is -0.463 e. The summed E-state index contributed by atoms with van der Waals surface area (Å²) in [5.41, 5.74) is -0.170. The maximum Gasteiger partial charge on any atom is 0.353 e. The van der Waals surface area contributed by atoms with Crippen LogP contribution in [-0.4, -0.2) is 60.8 Å². The van der Waals surface area contributed by atoms with Crippen molar-refractivity contribution < 1.29 is 45.9 Å². The van der Waals surface area contributed by atoms with E-state index in [1.54, 1.807) is 19.1 Å². The molecule has 1 aromatic carbocycles. The van der Waals surface area contributed by atoms with Crippen molar-refractivity contribution in [2.24, 2.45) is 0 Å². The number of aryl methyl sites for hydroxylation is 1. The fourth-order valence-electron chi connectivity index (χ4n) is 3.42. The van der Waals surface area contributed by atoms with Crippen LogP contribution in [0.15, 0.2) is 46.2 Å².